The number of hydrogen-bond donors (Lipinski definition) is 1. The molecule has 0 saturated carbocycles. The van der Waals surface area contributed by atoms with Gasteiger partial charge in [0.1, 0.15) is 11.3 Å². The third-order valence-corrected chi connectivity index (χ3v) is 3.57. The van der Waals surface area contributed by atoms with E-state index in [0.717, 1.165) is 4.47 Å². The molecular formula is C12H12BrFN4OS. The molecule has 0 fully saturated rings. The maximum Gasteiger partial charge on any atom is 0.240 e. The second-order valence-corrected chi connectivity index (χ2v) is 5.95. The number of halogens is 2. The summed E-state index contributed by atoms with van der Waals surface area (Å²) in [5, 5.41) is 10.4. The predicted molar refractivity (Wildman–Crippen MR) is 79.0 cm³/mol. The Balaban J connectivity index is 1.90. The standard InChI is InChI=1S/C12H12BrFN4OS/c1-18(5-8-4-9(13)2-3-10(8)14)6-11(19)16-12-17-15-7-20-12/h2-4,7H,5-6H2,1H3,(H,16,17,19). The van der Waals surface area contributed by atoms with Crippen molar-refractivity contribution in [1.29, 1.82) is 0 Å². The summed E-state index contributed by atoms with van der Waals surface area (Å²) in [6, 6.07) is 4.74. The number of amides is 1. The molecule has 1 aromatic heterocycles. The van der Waals surface area contributed by atoms with Gasteiger partial charge in [0.05, 0.1) is 6.54 Å². The van der Waals surface area contributed by atoms with E-state index >= 15 is 0 Å². The van der Waals surface area contributed by atoms with Crippen molar-refractivity contribution in [2.75, 3.05) is 18.9 Å². The van der Waals surface area contributed by atoms with Crippen molar-refractivity contribution in [2.45, 2.75) is 6.54 Å². The molecule has 0 unspecified atom stereocenters. The molecule has 0 radical (unpaired) electrons. The summed E-state index contributed by atoms with van der Waals surface area (Å²) < 4.78 is 14.4. The number of aromatic nitrogens is 2. The number of carbonyl (C=O) groups is 1. The molecule has 1 N–H and O–H groups in total. The van der Waals surface area contributed by atoms with Gasteiger partial charge in [-0.15, -0.1) is 10.2 Å². The summed E-state index contributed by atoms with van der Waals surface area (Å²) in [6.07, 6.45) is 0. The van der Waals surface area contributed by atoms with Crippen LogP contribution in [-0.2, 0) is 11.3 Å². The van der Waals surface area contributed by atoms with Crippen LogP contribution in [0.15, 0.2) is 28.2 Å². The van der Waals surface area contributed by atoms with E-state index in [1.165, 1.54) is 22.9 Å². The summed E-state index contributed by atoms with van der Waals surface area (Å²) in [7, 11) is 1.75. The van der Waals surface area contributed by atoms with E-state index in [1.54, 1.807) is 24.1 Å². The van der Waals surface area contributed by atoms with Gasteiger partial charge < -0.3 is 0 Å². The highest BCUT2D eigenvalue weighted by atomic mass is 79.9. The molecule has 0 aliphatic carbocycles. The summed E-state index contributed by atoms with van der Waals surface area (Å²) in [4.78, 5) is 13.5. The minimum atomic E-state index is -0.287. The molecule has 0 aliphatic heterocycles. The SMILES string of the molecule is CN(CC(=O)Nc1nncs1)Cc1cc(Br)ccc1F. The highest BCUT2D eigenvalue weighted by Crippen LogP contribution is 2.17. The van der Waals surface area contributed by atoms with Gasteiger partial charge in [-0.2, -0.15) is 0 Å². The third-order valence-electron chi connectivity index (χ3n) is 2.47. The van der Waals surface area contributed by atoms with Gasteiger partial charge in [0, 0.05) is 16.6 Å². The summed E-state index contributed by atoms with van der Waals surface area (Å²) in [6.45, 7) is 0.486. The molecule has 1 amide bonds. The van der Waals surface area contributed by atoms with Gasteiger partial charge in [0.15, 0.2) is 0 Å². The lowest BCUT2D eigenvalue weighted by atomic mass is 10.2. The molecule has 1 heterocycles. The molecule has 0 spiro atoms. The Morgan fingerprint density at radius 2 is 2.35 bits per heavy atom. The second-order valence-electron chi connectivity index (χ2n) is 4.20. The largest absolute Gasteiger partial charge is 0.299 e. The monoisotopic (exact) mass is 358 g/mol. The molecule has 5 nitrogen and oxygen atoms in total. The minimum absolute atomic E-state index is 0.144. The van der Waals surface area contributed by atoms with Crippen LogP contribution in [0.25, 0.3) is 0 Å². The Morgan fingerprint density at radius 1 is 1.55 bits per heavy atom. The smallest absolute Gasteiger partial charge is 0.240 e. The van der Waals surface area contributed by atoms with Crippen LogP contribution < -0.4 is 5.32 Å². The van der Waals surface area contributed by atoms with Crippen LogP contribution in [0.4, 0.5) is 9.52 Å². The van der Waals surface area contributed by atoms with Crippen molar-refractivity contribution in [3.63, 3.8) is 0 Å². The van der Waals surface area contributed by atoms with Gasteiger partial charge in [-0.05, 0) is 25.2 Å². The number of nitrogens with one attached hydrogen (secondary N) is 1. The molecule has 0 bridgehead atoms. The maximum atomic E-state index is 13.6. The van der Waals surface area contributed by atoms with Crippen LogP contribution in [0.1, 0.15) is 5.56 Å². The molecule has 2 aromatic rings. The maximum absolute atomic E-state index is 13.6. The first kappa shape index (κ1) is 15.0. The Kier molecular flexibility index (Phi) is 5.16. The van der Waals surface area contributed by atoms with Crippen molar-refractivity contribution in [3.8, 4) is 0 Å². The molecule has 0 aliphatic rings. The van der Waals surface area contributed by atoms with Crippen LogP contribution in [0.5, 0.6) is 0 Å². The number of hydrogen-bond acceptors (Lipinski definition) is 5. The number of anilines is 1. The number of rotatable bonds is 5. The Labute approximate surface area is 128 Å². The van der Waals surface area contributed by atoms with Gasteiger partial charge in [0.25, 0.3) is 0 Å². The molecule has 20 heavy (non-hydrogen) atoms. The van der Waals surface area contributed by atoms with Gasteiger partial charge in [-0.1, -0.05) is 27.3 Å². The van der Waals surface area contributed by atoms with Crippen LogP contribution in [0.2, 0.25) is 0 Å². The Hall–Kier alpha value is -1.38. The summed E-state index contributed by atoms with van der Waals surface area (Å²) in [5.74, 6) is -0.496. The van der Waals surface area contributed by atoms with Crippen LogP contribution in [0, 0.1) is 5.82 Å². The second kappa shape index (κ2) is 6.87. The fourth-order valence-electron chi connectivity index (χ4n) is 1.64. The number of benzene rings is 1. The van der Waals surface area contributed by atoms with Gasteiger partial charge >= 0.3 is 0 Å². The van der Waals surface area contributed by atoms with E-state index in [4.69, 9.17) is 0 Å². The van der Waals surface area contributed by atoms with E-state index < -0.39 is 0 Å². The number of nitrogens with zero attached hydrogens (tertiary/aromatic N) is 3. The average Bonchev–Trinajstić information content (AvgIpc) is 2.86. The first-order chi connectivity index (χ1) is 9.54. The van der Waals surface area contributed by atoms with Crippen LogP contribution in [-0.4, -0.2) is 34.6 Å². The van der Waals surface area contributed by atoms with Crippen molar-refractivity contribution >= 4 is 38.3 Å². The first-order valence-corrected chi connectivity index (χ1v) is 7.40. The summed E-state index contributed by atoms with van der Waals surface area (Å²) in [5.41, 5.74) is 2.07. The first-order valence-electron chi connectivity index (χ1n) is 5.73. The van der Waals surface area contributed by atoms with Gasteiger partial charge in [-0.3, -0.25) is 15.0 Å². The normalized spacial score (nSPS) is 10.8. The lowest BCUT2D eigenvalue weighted by molar-refractivity contribution is -0.117. The average molecular weight is 359 g/mol. The number of likely N-dealkylation sites (N-methyl/N-ethyl adjacent to an activating group) is 1. The Morgan fingerprint density at radius 3 is 3.05 bits per heavy atom. The van der Waals surface area contributed by atoms with Crippen molar-refractivity contribution in [3.05, 3.63) is 39.6 Å². The lowest BCUT2D eigenvalue weighted by Crippen LogP contribution is -2.30. The zero-order valence-electron chi connectivity index (χ0n) is 10.6. The van der Waals surface area contributed by atoms with E-state index in [0.29, 0.717) is 17.2 Å². The molecule has 0 saturated heterocycles. The molecule has 2 rings (SSSR count). The minimum Gasteiger partial charge on any atom is -0.299 e. The van der Waals surface area contributed by atoms with Crippen molar-refractivity contribution in [1.82, 2.24) is 15.1 Å². The fourth-order valence-corrected chi connectivity index (χ4v) is 2.51. The molecule has 8 heteroatoms. The summed E-state index contributed by atoms with van der Waals surface area (Å²) >= 11 is 4.55. The topological polar surface area (TPSA) is 58.1 Å². The molecule has 106 valence electrons. The van der Waals surface area contributed by atoms with Crippen LogP contribution >= 0.6 is 27.3 Å². The zero-order valence-corrected chi connectivity index (χ0v) is 13.0. The van der Waals surface area contributed by atoms with Crippen molar-refractivity contribution < 1.29 is 9.18 Å². The lowest BCUT2D eigenvalue weighted by Gasteiger charge is -2.16. The quantitative estimate of drug-likeness (QED) is 0.891. The molecule has 0 atom stereocenters. The highest BCUT2D eigenvalue weighted by molar-refractivity contribution is 9.10. The van der Waals surface area contributed by atoms with E-state index in [-0.39, 0.29) is 18.3 Å². The third kappa shape index (κ3) is 4.32. The van der Waals surface area contributed by atoms with E-state index in [1.807, 2.05) is 0 Å². The highest BCUT2D eigenvalue weighted by Gasteiger charge is 2.11. The Bertz CT molecular complexity index is 593. The van der Waals surface area contributed by atoms with Crippen molar-refractivity contribution in [2.24, 2.45) is 0 Å². The van der Waals surface area contributed by atoms with Gasteiger partial charge in [0.2, 0.25) is 11.0 Å². The fraction of sp³-hybridized carbons (Fsp3) is 0.250. The molecular weight excluding hydrogens is 347 g/mol. The van der Waals surface area contributed by atoms with Gasteiger partial charge in [-0.25, -0.2) is 4.39 Å². The predicted octanol–water partition coefficient (Wildman–Crippen LogP) is 2.51. The van der Waals surface area contributed by atoms with E-state index in [9.17, 15) is 9.18 Å². The van der Waals surface area contributed by atoms with E-state index in [2.05, 4.69) is 31.4 Å². The molecule has 1 aromatic carbocycles. The number of carbonyl (C=O) groups excluding carboxylic acids is 1. The van der Waals surface area contributed by atoms with Crippen LogP contribution in [0.3, 0.4) is 0 Å². The zero-order chi connectivity index (χ0) is 14.5.